The lowest BCUT2D eigenvalue weighted by Gasteiger charge is -2.18. The first-order chi connectivity index (χ1) is 8.19. The number of rotatable bonds is 3. The first-order valence-electron chi connectivity index (χ1n) is 5.60. The molecule has 1 aliphatic heterocycles. The molecule has 0 radical (unpaired) electrons. The second kappa shape index (κ2) is 5.87. The number of alkyl halides is 1. The molecule has 0 fully saturated rings. The summed E-state index contributed by atoms with van der Waals surface area (Å²) in [6.07, 6.45) is 0. The normalized spacial score (nSPS) is 19.2. The zero-order valence-corrected chi connectivity index (χ0v) is 12.5. The van der Waals surface area contributed by atoms with E-state index in [4.69, 9.17) is 0 Å². The molecule has 3 nitrogen and oxygen atoms in total. The van der Waals surface area contributed by atoms with Crippen molar-refractivity contribution in [2.24, 2.45) is 4.99 Å². The second-order valence-electron chi connectivity index (χ2n) is 4.14. The van der Waals surface area contributed by atoms with Gasteiger partial charge in [-0.1, -0.05) is 33.8 Å². The molecular weight excluding hydrogens is 298 g/mol. The minimum Gasteiger partial charge on any atom is -0.349 e. The lowest BCUT2D eigenvalue weighted by molar-refractivity contribution is 0.501. The van der Waals surface area contributed by atoms with Gasteiger partial charge in [-0.15, -0.1) is 0 Å². The molecule has 17 heavy (non-hydrogen) atoms. The molecule has 2 heterocycles. The van der Waals surface area contributed by atoms with Crippen LogP contribution in [0.4, 0.5) is 0 Å². The van der Waals surface area contributed by atoms with Crippen LogP contribution in [0.25, 0.3) is 0 Å². The Balaban J connectivity index is 1.96. The zero-order chi connectivity index (χ0) is 12.3. The molecule has 1 atom stereocenters. The van der Waals surface area contributed by atoms with Gasteiger partial charge in [-0.2, -0.15) is 0 Å². The summed E-state index contributed by atoms with van der Waals surface area (Å²) >= 11 is 5.35. The summed E-state index contributed by atoms with van der Waals surface area (Å²) in [5.41, 5.74) is 2.16. The number of pyridine rings is 1. The van der Waals surface area contributed by atoms with E-state index in [0.29, 0.717) is 5.25 Å². The molecule has 0 aromatic carbocycles. The first kappa shape index (κ1) is 12.9. The molecule has 0 bridgehead atoms. The molecule has 0 saturated carbocycles. The minimum absolute atomic E-state index is 0.581. The third-order valence-electron chi connectivity index (χ3n) is 2.55. The summed E-state index contributed by atoms with van der Waals surface area (Å²) in [6, 6.07) is 6.13. The summed E-state index contributed by atoms with van der Waals surface area (Å²) in [7, 11) is 2.08. The highest BCUT2D eigenvalue weighted by molar-refractivity contribution is 9.09. The number of hydrogen-bond acceptors (Lipinski definition) is 4. The van der Waals surface area contributed by atoms with Crippen molar-refractivity contribution < 1.29 is 0 Å². The van der Waals surface area contributed by atoms with E-state index in [0.717, 1.165) is 35.0 Å². The average Bonchev–Trinajstić information content (AvgIpc) is 2.77. The van der Waals surface area contributed by atoms with Crippen molar-refractivity contribution in [3.63, 3.8) is 0 Å². The maximum Gasteiger partial charge on any atom is 0.159 e. The molecule has 0 saturated heterocycles. The smallest absolute Gasteiger partial charge is 0.159 e. The van der Waals surface area contributed by atoms with Crippen molar-refractivity contribution >= 4 is 32.9 Å². The topological polar surface area (TPSA) is 28.5 Å². The quantitative estimate of drug-likeness (QED) is 0.803. The van der Waals surface area contributed by atoms with Crippen LogP contribution in [0.2, 0.25) is 0 Å². The van der Waals surface area contributed by atoms with E-state index in [-0.39, 0.29) is 0 Å². The Morgan fingerprint density at radius 3 is 3.00 bits per heavy atom. The van der Waals surface area contributed by atoms with Crippen molar-refractivity contribution in [1.29, 1.82) is 0 Å². The Morgan fingerprint density at radius 1 is 1.53 bits per heavy atom. The highest BCUT2D eigenvalue weighted by Gasteiger charge is 2.21. The van der Waals surface area contributed by atoms with E-state index in [1.54, 1.807) is 0 Å². The fourth-order valence-electron chi connectivity index (χ4n) is 1.69. The maximum atomic E-state index is 4.55. The Hall–Kier alpha value is -0.550. The predicted molar refractivity (Wildman–Crippen MR) is 77.9 cm³/mol. The maximum absolute atomic E-state index is 4.55. The van der Waals surface area contributed by atoms with Crippen LogP contribution >= 0.6 is 27.7 Å². The largest absolute Gasteiger partial charge is 0.349 e. The molecule has 1 aromatic heterocycles. The molecule has 92 valence electrons. The third-order valence-corrected chi connectivity index (χ3v) is 5.06. The number of hydrogen-bond donors (Lipinski definition) is 0. The summed E-state index contributed by atoms with van der Waals surface area (Å²) in [5, 5.41) is 2.71. The summed E-state index contributed by atoms with van der Waals surface area (Å²) in [5.74, 6) is 0. The van der Waals surface area contributed by atoms with Gasteiger partial charge in [-0.05, 0) is 19.1 Å². The number of aryl methyl sites for hydroxylation is 1. The van der Waals surface area contributed by atoms with Gasteiger partial charge in [0.05, 0.1) is 18.8 Å². The highest BCUT2D eigenvalue weighted by Crippen LogP contribution is 2.24. The number of aromatic nitrogens is 1. The molecule has 1 aromatic rings. The Morgan fingerprint density at radius 2 is 2.35 bits per heavy atom. The average molecular weight is 314 g/mol. The Labute approximate surface area is 115 Å². The van der Waals surface area contributed by atoms with E-state index in [2.05, 4.69) is 50.0 Å². The lowest BCUT2D eigenvalue weighted by atomic mass is 10.3. The molecule has 1 aliphatic rings. The van der Waals surface area contributed by atoms with E-state index in [1.165, 1.54) is 0 Å². The first-order valence-corrected chi connectivity index (χ1v) is 7.60. The number of halogens is 1. The highest BCUT2D eigenvalue weighted by atomic mass is 79.9. The number of thioether (sulfide) groups is 1. The van der Waals surface area contributed by atoms with Gasteiger partial charge in [0.25, 0.3) is 0 Å². The monoisotopic (exact) mass is 313 g/mol. The summed E-state index contributed by atoms with van der Waals surface area (Å²) in [4.78, 5) is 11.2. The van der Waals surface area contributed by atoms with Crippen molar-refractivity contribution in [2.75, 3.05) is 18.9 Å². The molecule has 0 amide bonds. The van der Waals surface area contributed by atoms with Gasteiger partial charge in [-0.3, -0.25) is 9.98 Å². The fraction of sp³-hybridized carbons (Fsp3) is 0.500. The number of aliphatic imine (C=N–C) groups is 1. The van der Waals surface area contributed by atoms with Crippen LogP contribution in [0.5, 0.6) is 0 Å². The van der Waals surface area contributed by atoms with E-state index < -0.39 is 0 Å². The van der Waals surface area contributed by atoms with Gasteiger partial charge in [0, 0.05) is 23.3 Å². The van der Waals surface area contributed by atoms with Crippen LogP contribution in [0, 0.1) is 6.92 Å². The van der Waals surface area contributed by atoms with Crippen LogP contribution in [0.15, 0.2) is 23.2 Å². The van der Waals surface area contributed by atoms with Crippen molar-refractivity contribution in [3.05, 3.63) is 29.6 Å². The van der Waals surface area contributed by atoms with E-state index in [1.807, 2.05) is 24.8 Å². The van der Waals surface area contributed by atoms with Crippen LogP contribution in [-0.2, 0) is 6.54 Å². The molecule has 5 heteroatoms. The fourth-order valence-corrected chi connectivity index (χ4v) is 3.20. The predicted octanol–water partition coefficient (Wildman–Crippen LogP) is 2.69. The Bertz CT molecular complexity index is 422. The molecule has 0 aliphatic carbocycles. The standard InChI is InChI=1S/C12H16BrN3S/c1-9-4-3-5-10(15-9)8-16(2)12-14-7-11(6-13)17-12/h3-5,11H,6-8H2,1-2H3. The summed E-state index contributed by atoms with van der Waals surface area (Å²) < 4.78 is 0. The van der Waals surface area contributed by atoms with Gasteiger partial charge in [0.1, 0.15) is 0 Å². The molecule has 0 N–H and O–H groups in total. The number of nitrogens with zero attached hydrogens (tertiary/aromatic N) is 3. The number of amidine groups is 1. The summed E-state index contributed by atoms with van der Waals surface area (Å²) in [6.45, 7) is 3.76. The van der Waals surface area contributed by atoms with Crippen LogP contribution in [-0.4, -0.2) is 39.2 Å². The van der Waals surface area contributed by atoms with Crippen molar-refractivity contribution in [3.8, 4) is 0 Å². The van der Waals surface area contributed by atoms with E-state index in [9.17, 15) is 0 Å². The van der Waals surface area contributed by atoms with Crippen LogP contribution in [0.1, 0.15) is 11.4 Å². The van der Waals surface area contributed by atoms with Gasteiger partial charge >= 0.3 is 0 Å². The van der Waals surface area contributed by atoms with Gasteiger partial charge in [0.2, 0.25) is 0 Å². The van der Waals surface area contributed by atoms with Gasteiger partial charge < -0.3 is 4.90 Å². The van der Waals surface area contributed by atoms with Gasteiger partial charge in [0.15, 0.2) is 5.17 Å². The molecular formula is C12H16BrN3S. The molecule has 0 spiro atoms. The van der Waals surface area contributed by atoms with Crippen LogP contribution < -0.4 is 0 Å². The van der Waals surface area contributed by atoms with Crippen molar-refractivity contribution in [2.45, 2.75) is 18.7 Å². The Kier molecular flexibility index (Phi) is 4.45. The van der Waals surface area contributed by atoms with E-state index >= 15 is 0 Å². The van der Waals surface area contributed by atoms with Crippen LogP contribution in [0.3, 0.4) is 0 Å². The third kappa shape index (κ3) is 3.45. The van der Waals surface area contributed by atoms with Gasteiger partial charge in [-0.25, -0.2) is 0 Å². The minimum atomic E-state index is 0.581. The zero-order valence-electron chi connectivity index (χ0n) is 10.1. The lowest BCUT2D eigenvalue weighted by Crippen LogP contribution is -2.23. The second-order valence-corrected chi connectivity index (χ2v) is 6.06. The molecule has 2 rings (SSSR count). The van der Waals surface area contributed by atoms with Crippen molar-refractivity contribution in [1.82, 2.24) is 9.88 Å². The SMILES string of the molecule is Cc1cccc(CN(C)C2=NCC(CBr)S2)n1. The molecule has 1 unspecified atom stereocenters.